The quantitative estimate of drug-likeness (QED) is 0.308. The number of carbonyl (C=O) groups excluding carboxylic acids is 1. The number of anilines is 1. The average molecular weight is 581 g/mol. The number of halogens is 2. The van der Waals surface area contributed by atoms with Gasteiger partial charge in [0.15, 0.2) is 5.82 Å². The van der Waals surface area contributed by atoms with Crippen molar-refractivity contribution >= 4 is 34.8 Å². The zero-order valence-corrected chi connectivity index (χ0v) is 23.8. The summed E-state index contributed by atoms with van der Waals surface area (Å²) in [6.07, 6.45) is 5.40. The lowest BCUT2D eigenvalue weighted by molar-refractivity contribution is -0.141. The van der Waals surface area contributed by atoms with Crippen LogP contribution in [0.1, 0.15) is 67.1 Å². The number of pyridine rings is 1. The van der Waals surface area contributed by atoms with Crippen LogP contribution in [-0.2, 0) is 4.79 Å². The summed E-state index contributed by atoms with van der Waals surface area (Å²) in [6.45, 7) is 7.76. The van der Waals surface area contributed by atoms with Crippen molar-refractivity contribution < 1.29 is 23.8 Å². The van der Waals surface area contributed by atoms with Crippen molar-refractivity contribution in [2.45, 2.75) is 58.6 Å². The van der Waals surface area contributed by atoms with Crippen LogP contribution in [0.15, 0.2) is 36.8 Å². The number of rotatable bonds is 7. The van der Waals surface area contributed by atoms with Crippen molar-refractivity contribution in [1.29, 1.82) is 0 Å². The normalized spacial score (nSPS) is 16.0. The molecular weight excluding hydrogens is 551 g/mol. The molecule has 1 amide bonds. The number of nitrogens with zero attached hydrogens (tertiary/aromatic N) is 5. The first-order valence-corrected chi connectivity index (χ1v) is 13.6. The van der Waals surface area contributed by atoms with Crippen LogP contribution in [0.3, 0.4) is 0 Å². The summed E-state index contributed by atoms with van der Waals surface area (Å²) in [5.41, 5.74) is 8.61. The summed E-state index contributed by atoms with van der Waals surface area (Å²) in [6, 6.07) is 3.66. The van der Waals surface area contributed by atoms with Gasteiger partial charge in [-0.05, 0) is 45.7 Å². The molecule has 4 heterocycles. The van der Waals surface area contributed by atoms with E-state index in [-0.39, 0.29) is 28.1 Å². The molecular formula is C29H30ClFN6O4. The molecule has 0 spiro atoms. The Hall–Kier alpha value is -4.25. The van der Waals surface area contributed by atoms with Crippen LogP contribution in [0.25, 0.3) is 16.6 Å². The van der Waals surface area contributed by atoms with Gasteiger partial charge in [-0.15, -0.1) is 0 Å². The molecule has 41 heavy (non-hydrogen) atoms. The molecule has 12 heteroatoms. The average Bonchev–Trinajstić information content (AvgIpc) is 3.56. The third kappa shape index (κ3) is 5.06. The number of nitrogen functional groups attached to an aromatic ring is 1. The molecule has 1 aromatic carbocycles. The fraction of sp³-hybridized carbons (Fsp3) is 0.345. The van der Waals surface area contributed by atoms with Crippen molar-refractivity contribution in [2.75, 3.05) is 12.3 Å². The monoisotopic (exact) mass is 580 g/mol. The number of hydrogen-bond acceptors (Lipinski definition) is 7. The van der Waals surface area contributed by atoms with Crippen molar-refractivity contribution in [1.82, 2.24) is 24.3 Å². The van der Waals surface area contributed by atoms with Crippen LogP contribution in [-0.4, -0.2) is 59.9 Å². The Kier molecular flexibility index (Phi) is 7.56. The molecule has 1 aliphatic rings. The van der Waals surface area contributed by atoms with Crippen LogP contribution >= 0.6 is 11.6 Å². The number of hydrogen-bond donors (Lipinski definition) is 2. The van der Waals surface area contributed by atoms with Gasteiger partial charge in [-0.3, -0.25) is 14.2 Å². The van der Waals surface area contributed by atoms with Gasteiger partial charge in [0.1, 0.15) is 34.6 Å². The lowest BCUT2D eigenvalue weighted by atomic mass is 9.93. The van der Waals surface area contributed by atoms with E-state index in [0.717, 1.165) is 0 Å². The minimum absolute atomic E-state index is 0.0646. The van der Waals surface area contributed by atoms with Crippen molar-refractivity contribution in [2.24, 2.45) is 0 Å². The van der Waals surface area contributed by atoms with Gasteiger partial charge in [0.2, 0.25) is 0 Å². The van der Waals surface area contributed by atoms with Gasteiger partial charge in [-0.25, -0.2) is 19.2 Å². The van der Waals surface area contributed by atoms with E-state index < -0.39 is 29.7 Å². The van der Waals surface area contributed by atoms with Gasteiger partial charge in [0.25, 0.3) is 5.91 Å². The summed E-state index contributed by atoms with van der Waals surface area (Å²) < 4.78 is 23.8. The first-order chi connectivity index (χ1) is 19.5. The highest BCUT2D eigenvalue weighted by Gasteiger charge is 2.35. The molecule has 1 fully saturated rings. The minimum Gasteiger partial charge on any atom is -0.490 e. The predicted octanol–water partition coefficient (Wildman–Crippen LogP) is 5.10. The Morgan fingerprint density at radius 1 is 1.24 bits per heavy atom. The Bertz CT molecular complexity index is 1660. The van der Waals surface area contributed by atoms with Gasteiger partial charge >= 0.3 is 5.97 Å². The smallest absolute Gasteiger partial charge is 0.326 e. The van der Waals surface area contributed by atoms with Crippen LogP contribution in [0.2, 0.25) is 5.02 Å². The topological polar surface area (TPSA) is 136 Å². The number of likely N-dealkylation sites (tertiary alicyclic amines) is 1. The second-order valence-electron chi connectivity index (χ2n) is 10.4. The third-order valence-corrected chi connectivity index (χ3v) is 7.54. The minimum atomic E-state index is -1.05. The fourth-order valence-corrected chi connectivity index (χ4v) is 5.58. The van der Waals surface area contributed by atoms with E-state index in [1.165, 1.54) is 23.2 Å². The highest BCUT2D eigenvalue weighted by molar-refractivity contribution is 6.31. The van der Waals surface area contributed by atoms with E-state index in [1.54, 1.807) is 18.5 Å². The van der Waals surface area contributed by atoms with E-state index in [0.29, 0.717) is 53.4 Å². The lowest BCUT2D eigenvalue weighted by Gasteiger charge is -2.23. The number of carbonyl (C=O) groups is 2. The number of ether oxygens (including phenoxy) is 1. The predicted molar refractivity (Wildman–Crippen MR) is 152 cm³/mol. The molecule has 0 bridgehead atoms. The summed E-state index contributed by atoms with van der Waals surface area (Å²) in [5, 5.41) is 9.35. The second-order valence-corrected chi connectivity index (χ2v) is 10.8. The van der Waals surface area contributed by atoms with Gasteiger partial charge in [0.05, 0.1) is 22.4 Å². The van der Waals surface area contributed by atoms with E-state index in [4.69, 9.17) is 27.1 Å². The number of benzene rings is 1. The summed E-state index contributed by atoms with van der Waals surface area (Å²) in [5.74, 6) is -1.37. The Balaban J connectivity index is 1.60. The molecule has 3 N–H and O–H groups in total. The number of nitrogens with two attached hydrogens (primary N) is 1. The number of carboxylic acids is 1. The maximum atomic E-state index is 15.8. The maximum Gasteiger partial charge on any atom is 0.326 e. The Morgan fingerprint density at radius 2 is 2.00 bits per heavy atom. The SMILES string of the molecule is Cc1nc(C(C)c2cc(Cl)c(F)c(-c3ccc(C(=O)N4CCC[C@H]4C(=O)O)nc3)c2OC(C)C)n2ccnc(N)c12. The Morgan fingerprint density at radius 3 is 2.66 bits per heavy atom. The zero-order chi connectivity index (χ0) is 29.6. The first-order valence-electron chi connectivity index (χ1n) is 13.3. The summed E-state index contributed by atoms with van der Waals surface area (Å²) >= 11 is 6.45. The van der Waals surface area contributed by atoms with Crippen LogP contribution in [0.5, 0.6) is 5.75 Å². The molecule has 4 aromatic rings. The molecule has 3 aromatic heterocycles. The number of aromatic nitrogens is 4. The Labute approximate surface area is 240 Å². The molecule has 10 nitrogen and oxygen atoms in total. The first kappa shape index (κ1) is 28.3. The molecule has 0 radical (unpaired) electrons. The fourth-order valence-electron chi connectivity index (χ4n) is 5.37. The lowest BCUT2D eigenvalue weighted by Crippen LogP contribution is -2.40. The molecule has 214 valence electrons. The standard InChI is InChI=1S/C29H30ClFN6O4/c1-14(2)41-25-18(15(3)27-35-16(4)24-26(32)33-9-11-37(24)27)12-19(30)23(31)22(25)17-7-8-20(34-13-17)28(38)36-10-5-6-21(36)29(39)40/h7-9,11-15,21H,5-6,10H2,1-4H3,(H2,32,33)(H,39,40)/t15?,21-/m0/s1. The summed E-state index contributed by atoms with van der Waals surface area (Å²) in [4.78, 5) is 39.1. The maximum absolute atomic E-state index is 15.8. The molecule has 5 rings (SSSR count). The third-order valence-electron chi connectivity index (χ3n) is 7.26. The molecule has 2 atom stereocenters. The van der Waals surface area contributed by atoms with E-state index in [9.17, 15) is 14.7 Å². The van der Waals surface area contributed by atoms with Crippen molar-refractivity contribution in [3.63, 3.8) is 0 Å². The highest BCUT2D eigenvalue weighted by Crippen LogP contribution is 2.44. The zero-order valence-electron chi connectivity index (χ0n) is 23.1. The van der Waals surface area contributed by atoms with Crippen LogP contribution < -0.4 is 10.5 Å². The highest BCUT2D eigenvalue weighted by atomic mass is 35.5. The second kappa shape index (κ2) is 11.0. The van der Waals surface area contributed by atoms with Crippen molar-refractivity contribution in [3.8, 4) is 16.9 Å². The molecule has 1 saturated heterocycles. The number of aliphatic carboxylic acids is 1. The number of fused-ring (bicyclic) bond motifs is 1. The van der Waals surface area contributed by atoms with Gasteiger partial charge in [-0.1, -0.05) is 24.6 Å². The van der Waals surface area contributed by atoms with E-state index >= 15 is 4.39 Å². The van der Waals surface area contributed by atoms with Gasteiger partial charge < -0.3 is 20.5 Å². The molecule has 1 unspecified atom stereocenters. The number of carboxylic acid groups (broad SMARTS) is 1. The largest absolute Gasteiger partial charge is 0.490 e. The number of amides is 1. The van der Waals surface area contributed by atoms with Gasteiger partial charge in [-0.2, -0.15) is 0 Å². The summed E-state index contributed by atoms with van der Waals surface area (Å²) in [7, 11) is 0. The van der Waals surface area contributed by atoms with Crippen LogP contribution in [0.4, 0.5) is 10.2 Å². The van der Waals surface area contributed by atoms with Gasteiger partial charge in [0, 0.05) is 42.2 Å². The van der Waals surface area contributed by atoms with Crippen LogP contribution in [0, 0.1) is 12.7 Å². The van der Waals surface area contributed by atoms with E-state index in [1.807, 2.05) is 32.1 Å². The molecule has 0 saturated carbocycles. The number of imidazole rings is 1. The van der Waals surface area contributed by atoms with E-state index in [2.05, 4.69) is 9.97 Å². The van der Waals surface area contributed by atoms with Crippen molar-refractivity contribution in [3.05, 3.63) is 70.4 Å². The number of aryl methyl sites for hydroxylation is 1. The molecule has 0 aliphatic carbocycles. The molecule has 1 aliphatic heterocycles.